The lowest BCUT2D eigenvalue weighted by atomic mass is 9.90. The summed E-state index contributed by atoms with van der Waals surface area (Å²) in [5, 5.41) is 4.41. The Labute approximate surface area is 392 Å². The van der Waals surface area contributed by atoms with E-state index in [9.17, 15) is 0 Å². The van der Waals surface area contributed by atoms with E-state index in [0.717, 1.165) is 105 Å². The van der Waals surface area contributed by atoms with Gasteiger partial charge in [0.1, 0.15) is 11.2 Å². The average molecular weight is 869 g/mol. The predicted molar refractivity (Wildman–Crippen MR) is 279 cm³/mol. The molecule has 0 aliphatic rings. The summed E-state index contributed by atoms with van der Waals surface area (Å²) in [5.41, 5.74) is 16.3. The van der Waals surface area contributed by atoms with Crippen molar-refractivity contribution in [1.29, 1.82) is 0 Å². The molecule has 0 amide bonds. The van der Waals surface area contributed by atoms with Crippen LogP contribution in [0.4, 0.5) is 0 Å². The monoisotopic (exact) mass is 868 g/mol. The van der Waals surface area contributed by atoms with E-state index in [1.807, 2.05) is 36.4 Å². The van der Waals surface area contributed by atoms with Crippen molar-refractivity contribution in [1.82, 2.24) is 19.5 Å². The first-order valence-corrected chi connectivity index (χ1v) is 22.9. The minimum absolute atomic E-state index is 0.569. The summed E-state index contributed by atoms with van der Waals surface area (Å²) in [5.74, 6) is 1.77. The molecule has 0 N–H and O–H groups in total. The summed E-state index contributed by atoms with van der Waals surface area (Å²) in [6, 6.07) is 85.2. The van der Waals surface area contributed by atoms with Crippen LogP contribution in [0.2, 0.25) is 0 Å². The molecule has 0 atom stereocenters. The summed E-state index contributed by atoms with van der Waals surface area (Å²) in [6.45, 7) is 0. The first-order valence-electron chi connectivity index (χ1n) is 22.9. The van der Waals surface area contributed by atoms with Crippen LogP contribution in [0.3, 0.4) is 0 Å². The topological polar surface area (TPSA) is 56.7 Å². The van der Waals surface area contributed by atoms with Gasteiger partial charge in [-0.1, -0.05) is 188 Å². The van der Waals surface area contributed by atoms with E-state index in [2.05, 4.69) is 211 Å². The fourth-order valence-corrected chi connectivity index (χ4v) is 9.79. The zero-order chi connectivity index (χ0) is 45.0. The molecular weight excluding hydrogens is 829 g/mol. The number of furan rings is 1. The third-order valence-corrected chi connectivity index (χ3v) is 13.0. The van der Waals surface area contributed by atoms with Gasteiger partial charge in [0.15, 0.2) is 17.5 Å². The molecule has 0 saturated carbocycles. The van der Waals surface area contributed by atoms with E-state index in [-0.39, 0.29) is 0 Å². The van der Waals surface area contributed by atoms with Crippen LogP contribution in [0, 0.1) is 0 Å². The van der Waals surface area contributed by atoms with Crippen molar-refractivity contribution in [2.45, 2.75) is 0 Å². The van der Waals surface area contributed by atoms with Crippen LogP contribution >= 0.6 is 0 Å². The van der Waals surface area contributed by atoms with E-state index in [1.54, 1.807) is 0 Å². The second kappa shape index (κ2) is 16.4. The van der Waals surface area contributed by atoms with Gasteiger partial charge in [0.05, 0.1) is 11.0 Å². The van der Waals surface area contributed by atoms with E-state index in [0.29, 0.717) is 17.5 Å². The minimum atomic E-state index is 0.569. The van der Waals surface area contributed by atoms with Crippen molar-refractivity contribution in [3.63, 3.8) is 0 Å². The summed E-state index contributed by atoms with van der Waals surface area (Å²) in [4.78, 5) is 15.7. The number of fused-ring (bicyclic) bond motifs is 6. The van der Waals surface area contributed by atoms with Crippen molar-refractivity contribution in [2.75, 3.05) is 0 Å². The highest BCUT2D eigenvalue weighted by atomic mass is 16.3. The molecule has 5 heteroatoms. The fourth-order valence-electron chi connectivity index (χ4n) is 9.79. The van der Waals surface area contributed by atoms with Crippen LogP contribution in [0.5, 0.6) is 0 Å². The quantitative estimate of drug-likeness (QED) is 0.153. The van der Waals surface area contributed by atoms with Gasteiger partial charge in [-0.05, 0) is 93.5 Å². The van der Waals surface area contributed by atoms with Crippen molar-refractivity contribution >= 4 is 43.7 Å². The average Bonchev–Trinajstić information content (AvgIpc) is 3.96. The largest absolute Gasteiger partial charge is 0.455 e. The minimum Gasteiger partial charge on any atom is -0.455 e. The van der Waals surface area contributed by atoms with E-state index in [1.165, 1.54) is 5.39 Å². The van der Waals surface area contributed by atoms with Crippen molar-refractivity contribution in [3.8, 4) is 84.4 Å². The van der Waals surface area contributed by atoms with Gasteiger partial charge in [0, 0.05) is 49.5 Å². The first-order chi connectivity index (χ1) is 33.7. The Bertz CT molecular complexity index is 3880. The lowest BCUT2D eigenvalue weighted by Gasteiger charge is -2.16. The first kappa shape index (κ1) is 39.2. The van der Waals surface area contributed by atoms with Gasteiger partial charge < -0.3 is 8.98 Å². The van der Waals surface area contributed by atoms with Crippen LogP contribution in [-0.4, -0.2) is 19.5 Å². The normalized spacial score (nSPS) is 11.5. The molecule has 0 fully saturated rings. The summed E-state index contributed by atoms with van der Waals surface area (Å²) < 4.78 is 9.43. The van der Waals surface area contributed by atoms with Crippen LogP contribution in [0.1, 0.15) is 0 Å². The highest BCUT2D eigenvalue weighted by molar-refractivity contribution is 6.18. The Morgan fingerprint density at radius 3 is 1.41 bits per heavy atom. The lowest BCUT2D eigenvalue weighted by molar-refractivity contribution is 0.670. The third-order valence-electron chi connectivity index (χ3n) is 13.0. The Kier molecular flexibility index (Phi) is 9.43. The number of aromatic nitrogens is 4. The molecule has 0 spiro atoms. The molecule has 3 aromatic heterocycles. The number of rotatable bonds is 8. The van der Waals surface area contributed by atoms with Gasteiger partial charge in [-0.15, -0.1) is 0 Å². The predicted octanol–water partition coefficient (Wildman–Crippen LogP) is 16.5. The maximum atomic E-state index is 7.07. The Morgan fingerprint density at radius 2 is 0.794 bits per heavy atom. The second-order valence-electron chi connectivity index (χ2n) is 17.2. The van der Waals surface area contributed by atoms with Crippen LogP contribution in [-0.2, 0) is 0 Å². The molecule has 0 bridgehead atoms. The summed E-state index contributed by atoms with van der Waals surface area (Å²) in [7, 11) is 0. The molecule has 10 aromatic carbocycles. The van der Waals surface area contributed by atoms with Gasteiger partial charge in [0.25, 0.3) is 0 Å². The van der Waals surface area contributed by atoms with E-state index in [4.69, 9.17) is 19.4 Å². The number of nitrogens with zero attached hydrogens (tertiary/aromatic N) is 4. The molecule has 0 unspecified atom stereocenters. The van der Waals surface area contributed by atoms with Gasteiger partial charge in [-0.2, -0.15) is 0 Å². The number of hydrogen-bond acceptors (Lipinski definition) is 4. The Morgan fingerprint density at radius 1 is 0.279 bits per heavy atom. The molecule has 0 aliphatic carbocycles. The fraction of sp³-hybridized carbons (Fsp3) is 0. The van der Waals surface area contributed by atoms with Gasteiger partial charge in [0.2, 0.25) is 0 Å². The molecule has 13 aromatic rings. The Hall–Kier alpha value is -9.19. The molecule has 3 heterocycles. The van der Waals surface area contributed by atoms with Crippen molar-refractivity contribution in [3.05, 3.63) is 243 Å². The maximum absolute atomic E-state index is 7.07. The zero-order valence-electron chi connectivity index (χ0n) is 36.8. The highest BCUT2D eigenvalue weighted by Gasteiger charge is 2.22. The molecule has 5 nitrogen and oxygen atoms in total. The Balaban J connectivity index is 1.07. The summed E-state index contributed by atoms with van der Waals surface area (Å²) in [6.07, 6.45) is 0. The zero-order valence-corrected chi connectivity index (χ0v) is 36.8. The molecule has 0 radical (unpaired) electrons. The highest BCUT2D eigenvalue weighted by Crippen LogP contribution is 2.44. The van der Waals surface area contributed by atoms with E-state index >= 15 is 0 Å². The number of para-hydroxylation sites is 3. The van der Waals surface area contributed by atoms with Crippen LogP contribution in [0.15, 0.2) is 247 Å². The number of hydrogen-bond donors (Lipinski definition) is 0. The van der Waals surface area contributed by atoms with Crippen LogP contribution < -0.4 is 0 Å². The van der Waals surface area contributed by atoms with Crippen LogP contribution in [0.25, 0.3) is 128 Å². The maximum Gasteiger partial charge on any atom is 0.164 e. The smallest absolute Gasteiger partial charge is 0.164 e. The van der Waals surface area contributed by atoms with Gasteiger partial charge in [-0.3, -0.25) is 0 Å². The third kappa shape index (κ3) is 6.84. The molecule has 0 saturated heterocycles. The van der Waals surface area contributed by atoms with E-state index < -0.39 is 0 Å². The second-order valence-corrected chi connectivity index (χ2v) is 17.2. The molecule has 13 rings (SSSR count). The molecular formula is C63H40N4O. The summed E-state index contributed by atoms with van der Waals surface area (Å²) >= 11 is 0. The van der Waals surface area contributed by atoms with Crippen molar-refractivity contribution in [2.24, 2.45) is 0 Å². The lowest BCUT2D eigenvalue weighted by Crippen LogP contribution is -2.01. The van der Waals surface area contributed by atoms with Crippen molar-refractivity contribution < 1.29 is 4.42 Å². The molecule has 0 aliphatic heterocycles. The standard InChI is InChI=1S/C63H40N4O/c1-6-19-41(20-7-1)46-35-47(42-21-8-2-9-22-42)37-48(36-46)45-33-34-50(56(38-45)63-65-61(43-23-10-3-11-24-43)64-62(66-63)44-25-12-4-13-26-44)52-30-18-31-53-55-39-58-54(40-59(55)68-60(52)53)51-29-16-17-32-57(51)67(58)49-27-14-5-15-28-49/h1-40H. The molecule has 68 heavy (non-hydrogen) atoms. The molecule has 318 valence electrons. The number of benzene rings is 10. The van der Waals surface area contributed by atoms with Gasteiger partial charge >= 0.3 is 0 Å². The van der Waals surface area contributed by atoms with Gasteiger partial charge in [-0.25, -0.2) is 15.0 Å². The SMILES string of the molecule is c1ccc(-c2cc(-c3ccccc3)cc(-c3ccc(-c4cccc5c4oc4cc6c7ccccc7n(-c7ccccc7)c6cc45)c(-c4nc(-c5ccccc5)nc(-c5ccccc5)n4)c3)c2)cc1.